The highest BCUT2D eigenvalue weighted by molar-refractivity contribution is 5.84. The monoisotopic (exact) mass is 201 g/mol. The lowest BCUT2D eigenvalue weighted by Crippen LogP contribution is -2.35. The fourth-order valence-electron chi connectivity index (χ4n) is 1.70. The van der Waals surface area contributed by atoms with Crippen LogP contribution in [0.25, 0.3) is 0 Å². The maximum Gasteiger partial charge on any atom is 0.152 e. The Hall–Kier alpha value is -1.89. The molecule has 0 saturated carbocycles. The van der Waals surface area contributed by atoms with Crippen LogP contribution in [0.1, 0.15) is 18.5 Å². The molecule has 4 nitrogen and oxygen atoms in total. The van der Waals surface area contributed by atoms with Crippen molar-refractivity contribution in [3.63, 3.8) is 0 Å². The van der Waals surface area contributed by atoms with Crippen molar-refractivity contribution in [2.24, 2.45) is 0 Å². The molecule has 1 aromatic heterocycles. The van der Waals surface area contributed by atoms with Gasteiger partial charge >= 0.3 is 0 Å². The molecule has 0 aromatic carbocycles. The zero-order valence-corrected chi connectivity index (χ0v) is 8.31. The van der Waals surface area contributed by atoms with Crippen LogP contribution in [-0.4, -0.2) is 23.9 Å². The van der Waals surface area contributed by atoms with Gasteiger partial charge in [0.1, 0.15) is 11.8 Å². The lowest BCUT2D eigenvalue weighted by molar-refractivity contribution is -0.118. The van der Waals surface area contributed by atoms with E-state index >= 15 is 0 Å². The van der Waals surface area contributed by atoms with Crippen LogP contribution in [0.2, 0.25) is 0 Å². The summed E-state index contributed by atoms with van der Waals surface area (Å²) in [6, 6.07) is 5.48. The third kappa shape index (κ3) is 2.13. The molecule has 1 aliphatic rings. The molecular formula is C11H11N3O. The van der Waals surface area contributed by atoms with Crippen LogP contribution in [0.3, 0.4) is 0 Å². The summed E-state index contributed by atoms with van der Waals surface area (Å²) in [6.07, 6.45) is 3.23. The lowest BCUT2D eigenvalue weighted by Gasteiger charge is -2.27. The number of ketones is 1. The molecule has 1 fully saturated rings. The summed E-state index contributed by atoms with van der Waals surface area (Å²) < 4.78 is 0. The Bertz CT molecular complexity index is 405. The fourth-order valence-corrected chi connectivity index (χ4v) is 1.70. The highest BCUT2D eigenvalue weighted by Gasteiger charge is 2.16. The summed E-state index contributed by atoms with van der Waals surface area (Å²) in [6.45, 7) is 1.35. The van der Waals surface area contributed by atoms with E-state index in [0.717, 1.165) is 18.7 Å². The van der Waals surface area contributed by atoms with Crippen molar-refractivity contribution in [1.82, 2.24) is 4.98 Å². The van der Waals surface area contributed by atoms with Gasteiger partial charge < -0.3 is 4.90 Å². The molecule has 76 valence electrons. The summed E-state index contributed by atoms with van der Waals surface area (Å²) in [7, 11) is 0. The maximum atomic E-state index is 11.3. The summed E-state index contributed by atoms with van der Waals surface area (Å²) in [5.74, 6) is 0.269. The van der Waals surface area contributed by atoms with Crippen LogP contribution in [0.15, 0.2) is 18.3 Å². The van der Waals surface area contributed by atoms with Gasteiger partial charge in [0, 0.05) is 13.0 Å². The molecule has 0 spiro atoms. The first-order valence-electron chi connectivity index (χ1n) is 4.92. The van der Waals surface area contributed by atoms with Gasteiger partial charge in [-0.05, 0) is 18.6 Å². The number of hydrogen-bond acceptors (Lipinski definition) is 4. The number of piperidine rings is 1. The Labute approximate surface area is 88.1 Å². The quantitative estimate of drug-likeness (QED) is 0.683. The minimum atomic E-state index is 0.269. The van der Waals surface area contributed by atoms with E-state index in [1.165, 1.54) is 0 Å². The first-order valence-corrected chi connectivity index (χ1v) is 4.92. The Morgan fingerprint density at radius 2 is 2.33 bits per heavy atom. The van der Waals surface area contributed by atoms with Crippen molar-refractivity contribution in [2.45, 2.75) is 12.8 Å². The van der Waals surface area contributed by atoms with Crippen molar-refractivity contribution < 1.29 is 4.79 Å². The number of rotatable bonds is 1. The van der Waals surface area contributed by atoms with E-state index in [1.807, 2.05) is 17.0 Å². The molecule has 2 rings (SSSR count). The number of nitrogens with zero attached hydrogens (tertiary/aromatic N) is 3. The Balaban J connectivity index is 2.15. The molecule has 0 unspecified atom stereocenters. The molecule has 1 aliphatic heterocycles. The standard InChI is InChI=1S/C11H11N3O/c12-6-9-3-4-10(7-13-9)14-5-1-2-11(15)8-14/h3-4,7H,1-2,5,8H2. The zero-order chi connectivity index (χ0) is 10.7. The second-order valence-electron chi connectivity index (χ2n) is 3.58. The van der Waals surface area contributed by atoms with Crippen LogP contribution in [0, 0.1) is 11.3 Å². The smallest absolute Gasteiger partial charge is 0.152 e. The molecule has 0 amide bonds. The highest BCUT2D eigenvalue weighted by atomic mass is 16.1. The maximum absolute atomic E-state index is 11.3. The molecule has 1 aromatic rings. The minimum absolute atomic E-state index is 0.269. The van der Waals surface area contributed by atoms with Crippen molar-refractivity contribution >= 4 is 11.5 Å². The van der Waals surface area contributed by atoms with Crippen molar-refractivity contribution in [2.75, 3.05) is 18.0 Å². The average molecular weight is 201 g/mol. The minimum Gasteiger partial charge on any atom is -0.363 e. The van der Waals surface area contributed by atoms with Crippen LogP contribution in [0.4, 0.5) is 5.69 Å². The van der Waals surface area contributed by atoms with E-state index in [9.17, 15) is 4.79 Å². The summed E-state index contributed by atoms with van der Waals surface area (Å²) in [5.41, 5.74) is 1.32. The van der Waals surface area contributed by atoms with Gasteiger partial charge in [-0.2, -0.15) is 5.26 Å². The first kappa shape index (κ1) is 9.66. The van der Waals surface area contributed by atoms with Gasteiger partial charge in [0.25, 0.3) is 0 Å². The number of carbonyl (C=O) groups is 1. The molecule has 4 heteroatoms. The number of nitriles is 1. The molecule has 15 heavy (non-hydrogen) atoms. The summed E-state index contributed by atoms with van der Waals surface area (Å²) in [4.78, 5) is 17.2. The second kappa shape index (κ2) is 4.09. The van der Waals surface area contributed by atoms with Crippen LogP contribution in [0.5, 0.6) is 0 Å². The zero-order valence-electron chi connectivity index (χ0n) is 8.31. The van der Waals surface area contributed by atoms with Gasteiger partial charge in [-0.3, -0.25) is 4.79 Å². The van der Waals surface area contributed by atoms with Gasteiger partial charge in [-0.1, -0.05) is 0 Å². The van der Waals surface area contributed by atoms with Gasteiger partial charge in [0.2, 0.25) is 0 Å². The third-order valence-electron chi connectivity index (χ3n) is 2.48. The molecule has 0 bridgehead atoms. The van der Waals surface area contributed by atoms with E-state index in [0.29, 0.717) is 18.7 Å². The highest BCUT2D eigenvalue weighted by Crippen LogP contribution is 2.17. The van der Waals surface area contributed by atoms with E-state index in [-0.39, 0.29) is 5.78 Å². The van der Waals surface area contributed by atoms with E-state index in [2.05, 4.69) is 4.98 Å². The van der Waals surface area contributed by atoms with Crippen molar-refractivity contribution in [3.8, 4) is 6.07 Å². The van der Waals surface area contributed by atoms with Crippen LogP contribution in [-0.2, 0) is 4.79 Å². The number of anilines is 1. The summed E-state index contributed by atoms with van der Waals surface area (Å²) >= 11 is 0. The molecule has 0 N–H and O–H groups in total. The lowest BCUT2D eigenvalue weighted by atomic mass is 10.1. The van der Waals surface area contributed by atoms with Gasteiger partial charge in [0.05, 0.1) is 18.4 Å². The molecule has 0 atom stereocenters. The van der Waals surface area contributed by atoms with Gasteiger partial charge in [0.15, 0.2) is 5.78 Å². The molecular weight excluding hydrogens is 190 g/mol. The van der Waals surface area contributed by atoms with Crippen molar-refractivity contribution in [3.05, 3.63) is 24.0 Å². The first-order chi connectivity index (χ1) is 7.29. The topological polar surface area (TPSA) is 57.0 Å². The molecule has 1 saturated heterocycles. The fraction of sp³-hybridized carbons (Fsp3) is 0.364. The van der Waals surface area contributed by atoms with Crippen molar-refractivity contribution in [1.29, 1.82) is 5.26 Å². The van der Waals surface area contributed by atoms with Gasteiger partial charge in [-0.15, -0.1) is 0 Å². The number of Topliss-reactive ketones (excluding diaryl/α,β-unsaturated/α-hetero) is 1. The number of hydrogen-bond donors (Lipinski definition) is 0. The average Bonchev–Trinajstić information content (AvgIpc) is 2.29. The van der Waals surface area contributed by atoms with Crippen LogP contribution >= 0.6 is 0 Å². The summed E-state index contributed by atoms with van der Waals surface area (Å²) in [5, 5.41) is 8.60. The Morgan fingerprint density at radius 3 is 2.93 bits per heavy atom. The number of aromatic nitrogens is 1. The number of carbonyl (C=O) groups excluding carboxylic acids is 1. The van der Waals surface area contributed by atoms with E-state index in [4.69, 9.17) is 5.26 Å². The third-order valence-corrected chi connectivity index (χ3v) is 2.48. The predicted molar refractivity (Wildman–Crippen MR) is 55.4 cm³/mol. The Morgan fingerprint density at radius 1 is 1.47 bits per heavy atom. The normalized spacial score (nSPS) is 16.2. The Kier molecular flexibility index (Phi) is 2.64. The van der Waals surface area contributed by atoms with E-state index < -0.39 is 0 Å². The van der Waals surface area contributed by atoms with Gasteiger partial charge in [-0.25, -0.2) is 4.98 Å². The number of pyridine rings is 1. The largest absolute Gasteiger partial charge is 0.363 e. The molecule has 2 heterocycles. The SMILES string of the molecule is N#Cc1ccc(N2CCCC(=O)C2)cn1. The predicted octanol–water partition coefficient (Wildman–Crippen LogP) is 1.12. The molecule has 0 aliphatic carbocycles. The second-order valence-corrected chi connectivity index (χ2v) is 3.58. The molecule has 0 radical (unpaired) electrons. The van der Waals surface area contributed by atoms with E-state index in [1.54, 1.807) is 12.3 Å². The van der Waals surface area contributed by atoms with Crippen LogP contribution < -0.4 is 4.90 Å².